The number of hydrogen-bond donors (Lipinski definition) is 2. The molecule has 0 aromatic carbocycles. The Hall–Kier alpha value is -0.610. The van der Waals surface area contributed by atoms with Crippen LogP contribution >= 0.6 is 0 Å². The number of carbonyl (C=O) groups excluding carboxylic acids is 1. The molecule has 4 heteroatoms. The smallest absolute Gasteiger partial charge is 0.220 e. The van der Waals surface area contributed by atoms with Gasteiger partial charge in [-0.1, -0.05) is 27.7 Å². The van der Waals surface area contributed by atoms with Crippen molar-refractivity contribution in [2.75, 3.05) is 26.3 Å². The number of nitrogens with one attached hydrogen (secondary N) is 1. The minimum Gasteiger partial charge on any atom is -0.381 e. The molecule has 0 aliphatic rings. The SMILES string of the molecule is CC(C)COCCCNC(=O)CCC(C)(C)CCN. The number of hydrogen-bond acceptors (Lipinski definition) is 3. The van der Waals surface area contributed by atoms with Gasteiger partial charge in [0, 0.05) is 26.2 Å². The van der Waals surface area contributed by atoms with Crippen LogP contribution in [0, 0.1) is 11.3 Å². The zero-order valence-corrected chi connectivity index (χ0v) is 13.1. The van der Waals surface area contributed by atoms with Crippen molar-refractivity contribution in [1.29, 1.82) is 0 Å². The predicted molar refractivity (Wildman–Crippen MR) is 80.0 cm³/mol. The van der Waals surface area contributed by atoms with Crippen molar-refractivity contribution < 1.29 is 9.53 Å². The average Bonchev–Trinajstić information content (AvgIpc) is 2.31. The second kappa shape index (κ2) is 10.2. The van der Waals surface area contributed by atoms with Crippen LogP contribution in [0.4, 0.5) is 0 Å². The van der Waals surface area contributed by atoms with E-state index in [-0.39, 0.29) is 11.3 Å². The van der Waals surface area contributed by atoms with E-state index in [0.29, 0.717) is 25.4 Å². The molecule has 0 aromatic rings. The van der Waals surface area contributed by atoms with Crippen molar-refractivity contribution in [1.82, 2.24) is 5.32 Å². The average molecular weight is 272 g/mol. The van der Waals surface area contributed by atoms with Gasteiger partial charge in [-0.15, -0.1) is 0 Å². The fourth-order valence-electron chi connectivity index (χ4n) is 1.78. The van der Waals surface area contributed by atoms with Gasteiger partial charge in [0.25, 0.3) is 0 Å². The molecule has 0 spiro atoms. The summed E-state index contributed by atoms with van der Waals surface area (Å²) in [6.07, 6.45) is 3.31. The predicted octanol–water partition coefficient (Wildman–Crippen LogP) is 2.32. The van der Waals surface area contributed by atoms with E-state index in [4.69, 9.17) is 10.5 Å². The second-order valence-corrected chi connectivity index (χ2v) is 6.38. The first kappa shape index (κ1) is 18.4. The Morgan fingerprint density at radius 3 is 2.58 bits per heavy atom. The Balaban J connectivity index is 3.49. The molecule has 0 radical (unpaired) electrons. The van der Waals surface area contributed by atoms with Crippen LogP contribution in [0.25, 0.3) is 0 Å². The van der Waals surface area contributed by atoms with Crippen LogP contribution in [0.5, 0.6) is 0 Å². The van der Waals surface area contributed by atoms with Gasteiger partial charge < -0.3 is 15.8 Å². The summed E-state index contributed by atoms with van der Waals surface area (Å²) in [5.41, 5.74) is 5.71. The lowest BCUT2D eigenvalue weighted by Crippen LogP contribution is -2.27. The van der Waals surface area contributed by atoms with E-state index in [0.717, 1.165) is 32.5 Å². The molecule has 19 heavy (non-hydrogen) atoms. The quantitative estimate of drug-likeness (QED) is 0.567. The van der Waals surface area contributed by atoms with Crippen LogP contribution in [0.1, 0.15) is 53.4 Å². The summed E-state index contributed by atoms with van der Waals surface area (Å²) in [7, 11) is 0. The molecule has 1 amide bonds. The van der Waals surface area contributed by atoms with Crippen molar-refractivity contribution >= 4 is 5.91 Å². The minimum absolute atomic E-state index is 0.133. The maximum absolute atomic E-state index is 11.7. The zero-order valence-electron chi connectivity index (χ0n) is 13.1. The lowest BCUT2D eigenvalue weighted by atomic mass is 9.84. The van der Waals surface area contributed by atoms with E-state index < -0.39 is 0 Å². The van der Waals surface area contributed by atoms with Gasteiger partial charge in [0.15, 0.2) is 0 Å². The van der Waals surface area contributed by atoms with E-state index in [1.165, 1.54) is 0 Å². The van der Waals surface area contributed by atoms with Crippen LogP contribution in [0.15, 0.2) is 0 Å². The van der Waals surface area contributed by atoms with E-state index in [1.54, 1.807) is 0 Å². The Bertz CT molecular complexity index is 240. The molecular formula is C15H32N2O2. The summed E-state index contributed by atoms with van der Waals surface area (Å²) in [5.74, 6) is 0.702. The third-order valence-corrected chi connectivity index (χ3v) is 3.09. The molecule has 3 N–H and O–H groups in total. The van der Waals surface area contributed by atoms with Gasteiger partial charge in [-0.3, -0.25) is 4.79 Å². The Morgan fingerprint density at radius 2 is 2.00 bits per heavy atom. The molecular weight excluding hydrogens is 240 g/mol. The number of nitrogens with two attached hydrogens (primary N) is 1. The zero-order chi connectivity index (χ0) is 14.7. The maximum atomic E-state index is 11.7. The van der Waals surface area contributed by atoms with E-state index in [2.05, 4.69) is 33.0 Å². The third-order valence-electron chi connectivity index (χ3n) is 3.09. The highest BCUT2D eigenvalue weighted by Gasteiger charge is 2.17. The monoisotopic (exact) mass is 272 g/mol. The summed E-state index contributed by atoms with van der Waals surface area (Å²) in [5, 5.41) is 2.94. The molecule has 0 aromatic heterocycles. The lowest BCUT2D eigenvalue weighted by molar-refractivity contribution is -0.121. The topological polar surface area (TPSA) is 64.3 Å². The first-order chi connectivity index (χ1) is 8.87. The lowest BCUT2D eigenvalue weighted by Gasteiger charge is -2.23. The van der Waals surface area contributed by atoms with Crippen molar-refractivity contribution in [3.8, 4) is 0 Å². The third kappa shape index (κ3) is 12.2. The molecule has 0 heterocycles. The van der Waals surface area contributed by atoms with Crippen LogP contribution in [0.3, 0.4) is 0 Å². The van der Waals surface area contributed by atoms with Gasteiger partial charge in [-0.05, 0) is 37.1 Å². The molecule has 0 aliphatic carbocycles. The molecule has 0 bridgehead atoms. The minimum atomic E-state index is 0.133. The Labute approximate surface area is 118 Å². The Morgan fingerprint density at radius 1 is 1.32 bits per heavy atom. The normalized spacial score (nSPS) is 11.9. The largest absolute Gasteiger partial charge is 0.381 e. The second-order valence-electron chi connectivity index (χ2n) is 6.38. The first-order valence-electron chi connectivity index (χ1n) is 7.42. The van der Waals surface area contributed by atoms with Crippen molar-refractivity contribution in [3.63, 3.8) is 0 Å². The van der Waals surface area contributed by atoms with Gasteiger partial charge in [0.05, 0.1) is 0 Å². The van der Waals surface area contributed by atoms with E-state index in [1.807, 2.05) is 0 Å². The van der Waals surface area contributed by atoms with Crippen molar-refractivity contribution in [3.05, 3.63) is 0 Å². The van der Waals surface area contributed by atoms with Gasteiger partial charge >= 0.3 is 0 Å². The van der Waals surface area contributed by atoms with Crippen LogP contribution in [0.2, 0.25) is 0 Å². The molecule has 0 saturated heterocycles. The molecule has 0 atom stereocenters. The summed E-state index contributed by atoms with van der Waals surface area (Å²) in [4.78, 5) is 11.7. The molecule has 0 aliphatic heterocycles. The van der Waals surface area contributed by atoms with Crippen molar-refractivity contribution in [2.45, 2.75) is 53.4 Å². The Kier molecular flexibility index (Phi) is 9.88. The summed E-state index contributed by atoms with van der Waals surface area (Å²) >= 11 is 0. The van der Waals surface area contributed by atoms with Gasteiger partial charge in [-0.2, -0.15) is 0 Å². The van der Waals surface area contributed by atoms with E-state index in [9.17, 15) is 4.79 Å². The van der Waals surface area contributed by atoms with Crippen LogP contribution in [-0.2, 0) is 9.53 Å². The summed E-state index contributed by atoms with van der Waals surface area (Å²) in [6.45, 7) is 11.5. The summed E-state index contributed by atoms with van der Waals surface area (Å²) in [6, 6.07) is 0. The van der Waals surface area contributed by atoms with Crippen molar-refractivity contribution in [2.24, 2.45) is 17.1 Å². The highest BCUT2D eigenvalue weighted by molar-refractivity contribution is 5.75. The van der Waals surface area contributed by atoms with Gasteiger partial charge in [-0.25, -0.2) is 0 Å². The highest BCUT2D eigenvalue weighted by atomic mass is 16.5. The van der Waals surface area contributed by atoms with E-state index >= 15 is 0 Å². The molecule has 0 saturated carbocycles. The fraction of sp³-hybridized carbons (Fsp3) is 0.933. The van der Waals surface area contributed by atoms with Gasteiger partial charge in [0.2, 0.25) is 5.91 Å². The van der Waals surface area contributed by atoms with Gasteiger partial charge in [0.1, 0.15) is 0 Å². The summed E-state index contributed by atoms with van der Waals surface area (Å²) < 4.78 is 5.46. The molecule has 4 nitrogen and oxygen atoms in total. The molecule has 0 rings (SSSR count). The fourth-order valence-corrected chi connectivity index (χ4v) is 1.78. The number of amides is 1. The number of ether oxygens (including phenoxy) is 1. The van der Waals surface area contributed by atoms with Crippen LogP contribution < -0.4 is 11.1 Å². The molecule has 114 valence electrons. The first-order valence-corrected chi connectivity index (χ1v) is 7.42. The number of carbonyl (C=O) groups is 1. The van der Waals surface area contributed by atoms with Crippen LogP contribution in [-0.4, -0.2) is 32.2 Å². The molecule has 0 unspecified atom stereocenters. The highest BCUT2D eigenvalue weighted by Crippen LogP contribution is 2.25. The number of rotatable bonds is 11. The molecule has 0 fully saturated rings. The standard InChI is InChI=1S/C15H32N2O2/c1-13(2)12-19-11-5-10-17-14(18)6-7-15(3,4)8-9-16/h13H,5-12,16H2,1-4H3,(H,17,18). The maximum Gasteiger partial charge on any atom is 0.220 e.